The first-order valence-corrected chi connectivity index (χ1v) is 6.04. The van der Waals surface area contributed by atoms with Crippen LogP contribution in [0.1, 0.15) is 11.9 Å². The quantitative estimate of drug-likeness (QED) is 0.753. The zero-order valence-corrected chi connectivity index (χ0v) is 10.8. The number of rotatable bonds is 3. The molecule has 94 valence electrons. The number of halogens is 1. The predicted octanol–water partition coefficient (Wildman–Crippen LogP) is 0.934. The van der Waals surface area contributed by atoms with Crippen molar-refractivity contribution in [2.24, 2.45) is 0 Å². The molecule has 1 saturated heterocycles. The molecule has 2 rings (SSSR count). The van der Waals surface area contributed by atoms with E-state index >= 15 is 0 Å². The van der Waals surface area contributed by atoms with Gasteiger partial charge >= 0.3 is 0 Å². The van der Waals surface area contributed by atoms with E-state index in [1.54, 1.807) is 12.5 Å². The summed E-state index contributed by atoms with van der Waals surface area (Å²) in [4.78, 5) is 12.7. The van der Waals surface area contributed by atoms with E-state index in [4.69, 9.17) is 16.3 Å². The summed E-state index contributed by atoms with van der Waals surface area (Å²) in [6.07, 6.45) is 3.45. The normalized spacial score (nSPS) is 23.9. The minimum absolute atomic E-state index is 0.114. The summed E-state index contributed by atoms with van der Waals surface area (Å²) < 4.78 is 5.35. The molecule has 0 spiro atoms. The van der Waals surface area contributed by atoms with Crippen LogP contribution in [0.25, 0.3) is 0 Å². The number of alkyl halides is 1. The zero-order chi connectivity index (χ0) is 12.3. The molecule has 1 aromatic heterocycles. The fraction of sp³-hybridized carbons (Fsp3) is 0.636. The van der Waals surface area contributed by atoms with E-state index in [2.05, 4.69) is 19.8 Å². The Kier molecular flexibility index (Phi) is 4.28. The molecule has 0 bridgehead atoms. The molecule has 0 radical (unpaired) electrons. The van der Waals surface area contributed by atoms with Gasteiger partial charge in [-0.05, 0) is 20.2 Å². The third kappa shape index (κ3) is 3.13. The van der Waals surface area contributed by atoms with E-state index in [0.29, 0.717) is 13.2 Å². The van der Waals surface area contributed by atoms with Gasteiger partial charge in [-0.3, -0.25) is 9.80 Å². The number of aromatic nitrogens is 2. The van der Waals surface area contributed by atoms with E-state index in [9.17, 15) is 0 Å². The van der Waals surface area contributed by atoms with Crippen LogP contribution in [0.15, 0.2) is 18.6 Å². The molecule has 5 nitrogen and oxygen atoms in total. The van der Waals surface area contributed by atoms with E-state index in [1.165, 1.54) is 0 Å². The van der Waals surface area contributed by atoms with Gasteiger partial charge in [0.05, 0.1) is 12.3 Å². The summed E-state index contributed by atoms with van der Waals surface area (Å²) in [5, 5.41) is 0. The van der Waals surface area contributed by atoms with Crippen molar-refractivity contribution in [1.82, 2.24) is 19.8 Å². The number of nitrogens with zero attached hydrogens (tertiary/aromatic N) is 4. The molecular weight excluding hydrogens is 240 g/mol. The van der Waals surface area contributed by atoms with Crippen molar-refractivity contribution in [1.29, 1.82) is 0 Å². The monoisotopic (exact) mass is 256 g/mol. The molecule has 0 aliphatic carbocycles. The fourth-order valence-corrected chi connectivity index (χ4v) is 2.35. The molecule has 2 heterocycles. The van der Waals surface area contributed by atoms with Crippen LogP contribution in [-0.2, 0) is 4.74 Å². The van der Waals surface area contributed by atoms with Crippen LogP contribution >= 0.6 is 11.6 Å². The minimum atomic E-state index is -0.243. The van der Waals surface area contributed by atoms with Crippen LogP contribution in [0.2, 0.25) is 0 Å². The Bertz CT molecular complexity index is 349. The molecular formula is C11H17ClN4O. The highest BCUT2D eigenvalue weighted by atomic mass is 35.5. The van der Waals surface area contributed by atoms with Crippen molar-refractivity contribution in [2.75, 3.05) is 33.8 Å². The summed E-state index contributed by atoms with van der Waals surface area (Å²) in [5.74, 6) is 0. The Balaban J connectivity index is 2.17. The lowest BCUT2D eigenvalue weighted by Gasteiger charge is -2.39. The molecule has 1 aromatic rings. The van der Waals surface area contributed by atoms with Gasteiger partial charge in [0.1, 0.15) is 18.1 Å². The Labute approximate surface area is 106 Å². The largest absolute Gasteiger partial charge is 0.360 e. The van der Waals surface area contributed by atoms with Crippen LogP contribution < -0.4 is 0 Å². The second kappa shape index (κ2) is 5.73. The smallest absolute Gasteiger partial charge is 0.143 e. The maximum atomic E-state index is 6.03. The van der Waals surface area contributed by atoms with Gasteiger partial charge in [-0.2, -0.15) is 0 Å². The summed E-state index contributed by atoms with van der Waals surface area (Å²) >= 11 is 6.03. The van der Waals surface area contributed by atoms with Crippen molar-refractivity contribution < 1.29 is 4.74 Å². The number of hydrogen-bond donors (Lipinski definition) is 0. The molecule has 2 unspecified atom stereocenters. The van der Waals surface area contributed by atoms with Crippen LogP contribution in [0, 0.1) is 0 Å². The molecule has 0 amide bonds. The van der Waals surface area contributed by atoms with Gasteiger partial charge < -0.3 is 4.74 Å². The van der Waals surface area contributed by atoms with Crippen molar-refractivity contribution >= 4 is 11.6 Å². The highest BCUT2D eigenvalue weighted by molar-refractivity contribution is 6.19. The van der Waals surface area contributed by atoms with Crippen LogP contribution in [0.3, 0.4) is 0 Å². The molecule has 6 heteroatoms. The number of ether oxygens (including phenoxy) is 1. The topological polar surface area (TPSA) is 41.5 Å². The maximum Gasteiger partial charge on any atom is 0.143 e. The predicted molar refractivity (Wildman–Crippen MR) is 65.6 cm³/mol. The van der Waals surface area contributed by atoms with E-state index in [0.717, 1.165) is 12.2 Å². The lowest BCUT2D eigenvalue weighted by molar-refractivity contribution is -0.0382. The molecule has 17 heavy (non-hydrogen) atoms. The lowest BCUT2D eigenvalue weighted by atomic mass is 10.2. The van der Waals surface area contributed by atoms with E-state index in [-0.39, 0.29) is 11.7 Å². The standard InChI is InChI=1S/C11H17ClN4O/c1-15(2)11(9-3-4-13-8-14-9)16-5-6-17-10(12)7-16/h3-4,8,10-11H,5-7H2,1-2H3. The molecule has 2 atom stereocenters. The highest BCUT2D eigenvalue weighted by Gasteiger charge is 2.28. The second-order valence-corrected chi connectivity index (χ2v) is 4.73. The van der Waals surface area contributed by atoms with E-state index < -0.39 is 0 Å². The molecule has 1 fully saturated rings. The average molecular weight is 257 g/mol. The zero-order valence-electron chi connectivity index (χ0n) is 10.1. The van der Waals surface area contributed by atoms with Crippen molar-refractivity contribution in [2.45, 2.75) is 11.7 Å². The molecule has 0 N–H and O–H groups in total. The summed E-state index contributed by atoms with van der Waals surface area (Å²) in [7, 11) is 4.07. The molecule has 1 aliphatic rings. The number of morpholine rings is 1. The SMILES string of the molecule is CN(C)C(c1ccncn1)N1CCOC(Cl)C1. The first-order valence-electron chi connectivity index (χ1n) is 5.60. The lowest BCUT2D eigenvalue weighted by Crippen LogP contribution is -2.46. The first-order chi connectivity index (χ1) is 8.18. The van der Waals surface area contributed by atoms with Gasteiger partial charge in [0, 0.05) is 19.3 Å². The maximum absolute atomic E-state index is 6.03. The Morgan fingerprint density at radius 2 is 2.41 bits per heavy atom. The minimum Gasteiger partial charge on any atom is -0.360 e. The fourth-order valence-electron chi connectivity index (χ4n) is 2.08. The summed E-state index contributed by atoms with van der Waals surface area (Å²) in [6, 6.07) is 1.93. The van der Waals surface area contributed by atoms with Gasteiger partial charge in [0.2, 0.25) is 0 Å². The Hall–Kier alpha value is -0.750. The molecule has 0 aromatic carbocycles. The van der Waals surface area contributed by atoms with Crippen molar-refractivity contribution in [3.63, 3.8) is 0 Å². The molecule has 1 aliphatic heterocycles. The van der Waals surface area contributed by atoms with Crippen LogP contribution in [-0.4, -0.2) is 59.1 Å². The van der Waals surface area contributed by atoms with Gasteiger partial charge in [-0.25, -0.2) is 9.97 Å². The first kappa shape index (κ1) is 12.7. The van der Waals surface area contributed by atoms with Crippen molar-refractivity contribution in [3.05, 3.63) is 24.3 Å². The summed E-state index contributed by atoms with van der Waals surface area (Å²) in [5.41, 5.74) is 0.740. The van der Waals surface area contributed by atoms with Crippen LogP contribution in [0.5, 0.6) is 0 Å². The van der Waals surface area contributed by atoms with Crippen LogP contribution in [0.4, 0.5) is 0 Å². The van der Waals surface area contributed by atoms with Gasteiger partial charge in [-0.15, -0.1) is 0 Å². The average Bonchev–Trinajstić information content (AvgIpc) is 2.30. The second-order valence-electron chi connectivity index (χ2n) is 4.25. The van der Waals surface area contributed by atoms with Gasteiger partial charge in [0.25, 0.3) is 0 Å². The third-order valence-electron chi connectivity index (χ3n) is 2.76. The van der Waals surface area contributed by atoms with Gasteiger partial charge in [0.15, 0.2) is 0 Å². The van der Waals surface area contributed by atoms with E-state index in [1.807, 2.05) is 20.2 Å². The van der Waals surface area contributed by atoms with Crippen molar-refractivity contribution in [3.8, 4) is 0 Å². The Morgan fingerprint density at radius 1 is 1.59 bits per heavy atom. The summed E-state index contributed by atoms with van der Waals surface area (Å²) in [6.45, 7) is 2.22. The number of hydrogen-bond acceptors (Lipinski definition) is 5. The third-order valence-corrected chi connectivity index (χ3v) is 3.02. The Morgan fingerprint density at radius 3 is 3.00 bits per heavy atom. The van der Waals surface area contributed by atoms with Gasteiger partial charge in [-0.1, -0.05) is 11.6 Å². The highest BCUT2D eigenvalue weighted by Crippen LogP contribution is 2.23. The molecule has 0 saturated carbocycles.